The molecule has 6 nitrogen and oxygen atoms in total. The van der Waals surface area contributed by atoms with E-state index in [-0.39, 0.29) is 11.9 Å². The Kier molecular flexibility index (Phi) is 7.14. The van der Waals surface area contributed by atoms with Crippen molar-refractivity contribution in [2.75, 3.05) is 12.9 Å². The lowest BCUT2D eigenvalue weighted by Gasteiger charge is -2.29. The lowest BCUT2D eigenvalue weighted by molar-refractivity contribution is -0.119. The fraction of sp³-hybridized carbons (Fsp3) is 0.476. The maximum atomic E-state index is 12.4. The molecule has 0 radical (unpaired) electrons. The van der Waals surface area contributed by atoms with Gasteiger partial charge in [0.1, 0.15) is 5.75 Å². The Hall–Kier alpha value is -2.28. The number of thioether (sulfide) groups is 1. The van der Waals surface area contributed by atoms with Crippen LogP contribution in [-0.2, 0) is 11.3 Å². The molecule has 0 unspecified atom stereocenters. The second kappa shape index (κ2) is 9.78. The van der Waals surface area contributed by atoms with Crippen LogP contribution < -0.4 is 10.1 Å². The van der Waals surface area contributed by atoms with Crippen molar-refractivity contribution < 1.29 is 9.53 Å². The van der Waals surface area contributed by atoms with Crippen molar-refractivity contribution in [3.8, 4) is 17.1 Å². The van der Waals surface area contributed by atoms with Gasteiger partial charge in [-0.05, 0) is 30.9 Å². The zero-order valence-corrected chi connectivity index (χ0v) is 17.4. The Morgan fingerprint density at radius 2 is 2.14 bits per heavy atom. The third kappa shape index (κ3) is 4.76. The van der Waals surface area contributed by atoms with E-state index in [9.17, 15) is 4.79 Å². The second-order valence-electron chi connectivity index (χ2n) is 7.13. The summed E-state index contributed by atoms with van der Waals surface area (Å²) in [6.45, 7) is 6.62. The first-order valence-corrected chi connectivity index (χ1v) is 10.7. The number of hydrogen-bond acceptors (Lipinski definition) is 5. The molecular formula is C21H28N4O2S. The van der Waals surface area contributed by atoms with E-state index in [2.05, 4.69) is 29.0 Å². The van der Waals surface area contributed by atoms with Crippen molar-refractivity contribution in [2.24, 2.45) is 5.92 Å². The van der Waals surface area contributed by atoms with Crippen LogP contribution in [0, 0.1) is 5.92 Å². The predicted molar refractivity (Wildman–Crippen MR) is 112 cm³/mol. The minimum absolute atomic E-state index is 0.0516. The molecular weight excluding hydrogens is 372 g/mol. The van der Waals surface area contributed by atoms with E-state index >= 15 is 0 Å². The smallest absolute Gasteiger partial charge is 0.230 e. The van der Waals surface area contributed by atoms with Gasteiger partial charge in [0.15, 0.2) is 11.0 Å². The molecule has 7 heteroatoms. The first-order chi connectivity index (χ1) is 13.6. The van der Waals surface area contributed by atoms with Gasteiger partial charge >= 0.3 is 0 Å². The minimum Gasteiger partial charge on any atom is -0.496 e. The van der Waals surface area contributed by atoms with Crippen LogP contribution in [0.1, 0.15) is 32.6 Å². The first-order valence-electron chi connectivity index (χ1n) is 9.73. The maximum absolute atomic E-state index is 12.4. The number of nitrogens with zero attached hydrogens (tertiary/aromatic N) is 3. The number of para-hydroxylation sites is 1. The van der Waals surface area contributed by atoms with Gasteiger partial charge in [0.25, 0.3) is 0 Å². The predicted octanol–water partition coefficient (Wildman–Crippen LogP) is 3.93. The summed E-state index contributed by atoms with van der Waals surface area (Å²) >= 11 is 1.40. The van der Waals surface area contributed by atoms with Gasteiger partial charge in [0, 0.05) is 12.6 Å². The highest BCUT2D eigenvalue weighted by molar-refractivity contribution is 7.99. The number of rotatable bonds is 8. The molecule has 0 saturated heterocycles. The van der Waals surface area contributed by atoms with Gasteiger partial charge in [-0.3, -0.25) is 9.36 Å². The number of nitrogens with one attached hydrogen (secondary N) is 1. The van der Waals surface area contributed by atoms with Gasteiger partial charge in [-0.25, -0.2) is 0 Å². The molecule has 1 aromatic heterocycles. The van der Waals surface area contributed by atoms with Crippen molar-refractivity contribution in [1.82, 2.24) is 20.1 Å². The standard InChI is InChI=1S/C21H28N4O2S/c1-4-13-25-20(16-10-6-8-12-18(16)27-3)23-24-21(25)28-14-19(26)22-17-11-7-5-9-15(17)2/h4,6,8,10,12,15,17H,1,5,7,9,11,13-14H2,2-3H3,(H,22,26)/t15-,17+/m0/s1. The number of hydrogen-bond donors (Lipinski definition) is 1. The summed E-state index contributed by atoms with van der Waals surface area (Å²) in [7, 11) is 1.64. The average Bonchev–Trinajstić information content (AvgIpc) is 3.11. The molecule has 1 aliphatic rings. The molecule has 0 spiro atoms. The van der Waals surface area contributed by atoms with Crippen LogP contribution in [0.2, 0.25) is 0 Å². The normalized spacial score (nSPS) is 19.2. The molecule has 28 heavy (non-hydrogen) atoms. The number of methoxy groups -OCH3 is 1. The summed E-state index contributed by atoms with van der Waals surface area (Å²) in [5.41, 5.74) is 0.867. The van der Waals surface area contributed by atoms with Crippen molar-refractivity contribution in [3.05, 3.63) is 36.9 Å². The van der Waals surface area contributed by atoms with Gasteiger partial charge in [-0.2, -0.15) is 0 Å². The monoisotopic (exact) mass is 400 g/mol. The van der Waals surface area contributed by atoms with E-state index < -0.39 is 0 Å². The Morgan fingerprint density at radius 1 is 1.36 bits per heavy atom. The summed E-state index contributed by atoms with van der Waals surface area (Å²) in [6, 6.07) is 8.00. The van der Waals surface area contributed by atoms with Crippen LogP contribution in [0.15, 0.2) is 42.1 Å². The van der Waals surface area contributed by atoms with Crippen LogP contribution >= 0.6 is 11.8 Å². The largest absolute Gasteiger partial charge is 0.496 e. The molecule has 1 fully saturated rings. The summed E-state index contributed by atoms with van der Waals surface area (Å²) in [5.74, 6) is 2.37. The van der Waals surface area contributed by atoms with Crippen LogP contribution in [0.25, 0.3) is 11.4 Å². The highest BCUT2D eigenvalue weighted by atomic mass is 32.2. The molecule has 1 aliphatic carbocycles. The van der Waals surface area contributed by atoms with Crippen LogP contribution in [0.5, 0.6) is 5.75 Å². The summed E-state index contributed by atoms with van der Waals surface area (Å²) < 4.78 is 7.42. The number of allylic oxidation sites excluding steroid dienone is 1. The quantitative estimate of drug-likeness (QED) is 0.537. The number of amides is 1. The van der Waals surface area contributed by atoms with E-state index in [1.165, 1.54) is 31.0 Å². The molecule has 2 atom stereocenters. The molecule has 1 N–H and O–H groups in total. The zero-order chi connectivity index (χ0) is 19.9. The van der Waals surface area contributed by atoms with E-state index in [4.69, 9.17) is 4.74 Å². The average molecular weight is 401 g/mol. The van der Waals surface area contributed by atoms with Gasteiger partial charge in [-0.1, -0.05) is 49.7 Å². The molecule has 150 valence electrons. The summed E-state index contributed by atoms with van der Waals surface area (Å²) in [6.07, 6.45) is 6.52. The Bertz CT molecular complexity index is 820. The van der Waals surface area contributed by atoms with E-state index in [1.807, 2.05) is 28.8 Å². The lowest BCUT2D eigenvalue weighted by Crippen LogP contribution is -2.41. The lowest BCUT2D eigenvalue weighted by atomic mass is 9.86. The molecule has 0 aliphatic heterocycles. The van der Waals surface area contributed by atoms with Gasteiger partial charge in [0.2, 0.25) is 5.91 Å². The molecule has 1 heterocycles. The van der Waals surface area contributed by atoms with E-state index in [1.54, 1.807) is 13.2 Å². The van der Waals surface area contributed by atoms with Crippen molar-refractivity contribution >= 4 is 17.7 Å². The summed E-state index contributed by atoms with van der Waals surface area (Å²) in [5, 5.41) is 12.6. The van der Waals surface area contributed by atoms with Crippen LogP contribution in [-0.4, -0.2) is 39.6 Å². The SMILES string of the molecule is C=CCn1c(SCC(=O)N[C@@H]2CCCC[C@@H]2C)nnc1-c1ccccc1OC. The molecule has 1 aromatic carbocycles. The molecule has 3 rings (SSSR count). The molecule has 0 bridgehead atoms. The maximum Gasteiger partial charge on any atom is 0.230 e. The Balaban J connectivity index is 1.71. The molecule has 1 amide bonds. The first kappa shape index (κ1) is 20.5. The Morgan fingerprint density at radius 3 is 2.89 bits per heavy atom. The number of carbonyl (C=O) groups excluding carboxylic acids is 1. The van der Waals surface area contributed by atoms with E-state index in [0.717, 1.165) is 17.7 Å². The zero-order valence-electron chi connectivity index (χ0n) is 16.6. The van der Waals surface area contributed by atoms with Gasteiger partial charge < -0.3 is 10.1 Å². The van der Waals surface area contributed by atoms with Gasteiger partial charge in [-0.15, -0.1) is 16.8 Å². The number of aromatic nitrogens is 3. The fourth-order valence-electron chi connectivity index (χ4n) is 3.63. The minimum atomic E-state index is 0.0516. The van der Waals surface area contributed by atoms with Gasteiger partial charge in [0.05, 0.1) is 18.4 Å². The number of ether oxygens (including phenoxy) is 1. The topological polar surface area (TPSA) is 69.0 Å². The second-order valence-corrected chi connectivity index (χ2v) is 8.07. The fourth-order valence-corrected chi connectivity index (χ4v) is 4.39. The summed E-state index contributed by atoms with van der Waals surface area (Å²) in [4.78, 5) is 12.4. The van der Waals surface area contributed by atoms with Crippen molar-refractivity contribution in [2.45, 2.75) is 50.4 Å². The Labute approximate surface area is 170 Å². The van der Waals surface area contributed by atoms with Crippen molar-refractivity contribution in [1.29, 1.82) is 0 Å². The molecule has 2 aromatic rings. The van der Waals surface area contributed by atoms with Crippen LogP contribution in [0.3, 0.4) is 0 Å². The third-order valence-corrected chi connectivity index (χ3v) is 6.13. The highest BCUT2D eigenvalue weighted by Gasteiger charge is 2.23. The highest BCUT2D eigenvalue weighted by Crippen LogP contribution is 2.31. The number of carbonyl (C=O) groups is 1. The van der Waals surface area contributed by atoms with Crippen LogP contribution in [0.4, 0.5) is 0 Å². The molecule has 1 saturated carbocycles. The van der Waals surface area contributed by atoms with E-state index in [0.29, 0.717) is 29.2 Å². The van der Waals surface area contributed by atoms with Crippen molar-refractivity contribution in [3.63, 3.8) is 0 Å². The third-order valence-electron chi connectivity index (χ3n) is 5.17. The number of benzene rings is 1.